The van der Waals surface area contributed by atoms with Crippen LogP contribution in [0.4, 0.5) is 0 Å². The normalized spacial score (nSPS) is 18.0. The molecule has 0 aliphatic rings. The van der Waals surface area contributed by atoms with Crippen molar-refractivity contribution in [3.63, 3.8) is 0 Å². The molecule has 1 unspecified atom stereocenters. The van der Waals surface area contributed by atoms with Gasteiger partial charge in [0.05, 0.1) is 18.8 Å². The molecule has 13 heteroatoms. The van der Waals surface area contributed by atoms with Gasteiger partial charge in [0, 0.05) is 4.91 Å². The number of aliphatic hydroxyl groups is 4. The van der Waals surface area contributed by atoms with Gasteiger partial charge in [0.15, 0.2) is 0 Å². The fourth-order valence-electron chi connectivity index (χ4n) is 1.01. The van der Waals surface area contributed by atoms with Crippen molar-refractivity contribution < 1.29 is 44.1 Å². The molecule has 0 aromatic rings. The summed E-state index contributed by atoms with van der Waals surface area (Å²) in [4.78, 5) is 30.2. The SMILES string of the molecule is [N-]=[N+]=N[C@H]([C@H](O)CO)[C@H](O)C(=O)C(O)OP(=O)(O)O. The third-order valence-electron chi connectivity index (χ3n) is 1.86. The molecule has 4 atom stereocenters. The molecule has 6 N–H and O–H groups in total. The topological polar surface area (TPSA) is 214 Å². The molecule has 0 saturated heterocycles. The fourth-order valence-corrected chi connectivity index (χ4v) is 1.38. The van der Waals surface area contributed by atoms with E-state index in [-0.39, 0.29) is 0 Å². The van der Waals surface area contributed by atoms with Gasteiger partial charge in [-0.2, -0.15) is 0 Å². The molecular formula is C6H12N3O9P. The minimum atomic E-state index is -5.19. The number of carbonyl (C=O) groups is 1. The Morgan fingerprint density at radius 2 is 1.89 bits per heavy atom. The summed E-state index contributed by atoms with van der Waals surface area (Å²) in [5, 5.41) is 39.0. The van der Waals surface area contributed by atoms with E-state index in [1.807, 2.05) is 0 Å². The van der Waals surface area contributed by atoms with E-state index in [0.29, 0.717) is 0 Å². The van der Waals surface area contributed by atoms with Crippen LogP contribution in [0.2, 0.25) is 0 Å². The second-order valence-electron chi connectivity index (χ2n) is 3.24. The lowest BCUT2D eigenvalue weighted by atomic mass is 10.0. The van der Waals surface area contributed by atoms with Gasteiger partial charge < -0.3 is 30.2 Å². The Bertz CT molecular complexity index is 405. The number of phosphoric acid groups is 1. The Labute approximate surface area is 105 Å². The van der Waals surface area contributed by atoms with Crippen LogP contribution in [-0.4, -0.2) is 67.1 Å². The predicted octanol–water partition coefficient (Wildman–Crippen LogP) is -2.62. The van der Waals surface area contributed by atoms with E-state index in [4.69, 9.17) is 25.5 Å². The Balaban J connectivity index is 4.94. The third-order valence-corrected chi connectivity index (χ3v) is 2.34. The van der Waals surface area contributed by atoms with Gasteiger partial charge in [0.25, 0.3) is 0 Å². The highest BCUT2D eigenvalue weighted by Crippen LogP contribution is 2.37. The standard InChI is InChI=1S/C6H12N3O9P/c7-9-8-3(2(11)1-10)4(12)5(13)6(14)18-19(15,16)17/h2-4,6,10-12,14H,1H2,(H2,15,16,17)/t2-,3-,4+,6?/m1/s1. The average Bonchev–Trinajstić information content (AvgIpc) is 2.31. The van der Waals surface area contributed by atoms with Crippen LogP contribution in [0.15, 0.2) is 5.11 Å². The molecule has 0 rings (SSSR count). The van der Waals surface area contributed by atoms with Crippen molar-refractivity contribution in [1.29, 1.82) is 0 Å². The maximum Gasteiger partial charge on any atom is 0.472 e. The summed E-state index contributed by atoms with van der Waals surface area (Å²) in [6, 6.07) is -1.86. The van der Waals surface area contributed by atoms with E-state index in [1.165, 1.54) is 0 Å². The number of ketones is 1. The van der Waals surface area contributed by atoms with Gasteiger partial charge in [-0.1, -0.05) is 5.11 Å². The van der Waals surface area contributed by atoms with Gasteiger partial charge in [-0.25, -0.2) is 9.09 Å². The van der Waals surface area contributed by atoms with Gasteiger partial charge in [-0.05, 0) is 5.53 Å². The minimum Gasteiger partial charge on any atom is -0.394 e. The van der Waals surface area contributed by atoms with Gasteiger partial charge >= 0.3 is 7.82 Å². The van der Waals surface area contributed by atoms with Crippen LogP contribution in [0, 0.1) is 0 Å². The molecule has 110 valence electrons. The van der Waals surface area contributed by atoms with E-state index in [9.17, 15) is 19.6 Å². The number of rotatable bonds is 8. The summed E-state index contributed by atoms with van der Waals surface area (Å²) in [7, 11) is -5.19. The number of nitrogens with zero attached hydrogens (tertiary/aromatic N) is 3. The molecule has 0 saturated carbocycles. The molecule has 12 nitrogen and oxygen atoms in total. The Kier molecular flexibility index (Phi) is 7.08. The molecule has 0 fully saturated rings. The fraction of sp³-hybridized carbons (Fsp3) is 0.833. The zero-order valence-electron chi connectivity index (χ0n) is 9.21. The number of hydrogen-bond donors (Lipinski definition) is 6. The lowest BCUT2D eigenvalue weighted by Crippen LogP contribution is -2.46. The Morgan fingerprint density at radius 1 is 1.37 bits per heavy atom. The maximum atomic E-state index is 11.3. The third kappa shape index (κ3) is 6.07. The molecule has 0 spiro atoms. The minimum absolute atomic E-state index is 0.969. The van der Waals surface area contributed by atoms with E-state index >= 15 is 0 Å². The molecule has 19 heavy (non-hydrogen) atoms. The molecular weight excluding hydrogens is 289 g/mol. The van der Waals surface area contributed by atoms with Crippen LogP contribution in [-0.2, 0) is 13.9 Å². The molecule has 0 aliphatic carbocycles. The molecule has 0 aliphatic heterocycles. The summed E-state index contributed by atoms with van der Waals surface area (Å²) in [6.07, 6.45) is -6.85. The highest BCUT2D eigenvalue weighted by Gasteiger charge is 2.37. The molecule has 0 heterocycles. The largest absolute Gasteiger partial charge is 0.472 e. The van der Waals surface area contributed by atoms with Crippen LogP contribution < -0.4 is 0 Å². The summed E-state index contributed by atoms with van der Waals surface area (Å²) in [5.74, 6) is -1.66. The van der Waals surface area contributed by atoms with E-state index in [2.05, 4.69) is 14.5 Å². The summed E-state index contributed by atoms with van der Waals surface area (Å²) >= 11 is 0. The lowest BCUT2D eigenvalue weighted by Gasteiger charge is -2.22. The lowest BCUT2D eigenvalue weighted by molar-refractivity contribution is -0.154. The number of azide groups is 1. The molecule has 0 radical (unpaired) electrons. The zero-order valence-corrected chi connectivity index (χ0v) is 10.1. The van der Waals surface area contributed by atoms with Crippen molar-refractivity contribution in [3.05, 3.63) is 10.4 Å². The second-order valence-corrected chi connectivity index (χ2v) is 4.43. The van der Waals surface area contributed by atoms with E-state index in [1.54, 1.807) is 0 Å². The van der Waals surface area contributed by atoms with Crippen molar-refractivity contribution in [3.8, 4) is 0 Å². The van der Waals surface area contributed by atoms with Crippen molar-refractivity contribution in [2.24, 2.45) is 5.11 Å². The number of carbonyl (C=O) groups excluding carboxylic acids is 1. The van der Waals surface area contributed by atoms with Crippen LogP contribution in [0.5, 0.6) is 0 Å². The first-order valence-corrected chi connectivity index (χ1v) is 6.14. The van der Waals surface area contributed by atoms with E-state index < -0.39 is 44.8 Å². The van der Waals surface area contributed by atoms with Gasteiger partial charge in [-0.15, -0.1) is 0 Å². The van der Waals surface area contributed by atoms with Crippen molar-refractivity contribution in [2.45, 2.75) is 24.5 Å². The monoisotopic (exact) mass is 301 g/mol. The quantitative estimate of drug-likeness (QED) is 0.0907. The number of hydrogen-bond acceptors (Lipinski definition) is 8. The van der Waals surface area contributed by atoms with Gasteiger partial charge in [0.1, 0.15) is 6.10 Å². The predicted molar refractivity (Wildman–Crippen MR) is 56.2 cm³/mol. The van der Waals surface area contributed by atoms with Crippen molar-refractivity contribution in [1.82, 2.24) is 0 Å². The summed E-state index contributed by atoms with van der Waals surface area (Å²) in [5.41, 5.74) is 8.16. The molecule has 0 aromatic carbocycles. The summed E-state index contributed by atoms with van der Waals surface area (Å²) < 4.78 is 14.0. The number of phosphoric ester groups is 1. The average molecular weight is 301 g/mol. The van der Waals surface area contributed by atoms with E-state index in [0.717, 1.165) is 0 Å². The first-order valence-electron chi connectivity index (χ1n) is 4.61. The van der Waals surface area contributed by atoms with Crippen LogP contribution in [0.25, 0.3) is 10.4 Å². The summed E-state index contributed by atoms with van der Waals surface area (Å²) in [6.45, 7) is -0.969. The maximum absolute atomic E-state index is 11.3. The Hall–Kier alpha value is -1.07. The highest BCUT2D eigenvalue weighted by molar-refractivity contribution is 7.46. The van der Waals surface area contributed by atoms with Gasteiger partial charge in [-0.3, -0.25) is 4.79 Å². The number of aliphatic hydroxyl groups excluding tert-OH is 4. The number of Topliss-reactive ketones (excluding diaryl/α,β-unsaturated/α-hetero) is 1. The molecule has 0 amide bonds. The van der Waals surface area contributed by atoms with Crippen molar-refractivity contribution in [2.75, 3.05) is 6.61 Å². The first-order chi connectivity index (χ1) is 8.64. The van der Waals surface area contributed by atoms with Gasteiger partial charge in [0.2, 0.25) is 12.1 Å². The molecule has 0 bridgehead atoms. The van der Waals surface area contributed by atoms with Crippen LogP contribution in [0.1, 0.15) is 0 Å². The van der Waals surface area contributed by atoms with Crippen LogP contribution >= 0.6 is 7.82 Å². The first kappa shape index (κ1) is 17.9. The van der Waals surface area contributed by atoms with Crippen LogP contribution in [0.3, 0.4) is 0 Å². The zero-order chi connectivity index (χ0) is 15.2. The Morgan fingerprint density at radius 3 is 2.26 bits per heavy atom. The second kappa shape index (κ2) is 7.50. The molecule has 0 aromatic heterocycles. The smallest absolute Gasteiger partial charge is 0.394 e. The van der Waals surface area contributed by atoms with Crippen molar-refractivity contribution >= 4 is 13.6 Å². The highest BCUT2D eigenvalue weighted by atomic mass is 31.2.